The molecule has 5 rings (SSSR count). The third kappa shape index (κ3) is 4.86. The maximum Gasteiger partial charge on any atom is 0.306 e. The predicted molar refractivity (Wildman–Crippen MR) is 130 cm³/mol. The maximum absolute atomic E-state index is 12.4. The van der Waals surface area contributed by atoms with Gasteiger partial charge < -0.3 is 23.6 Å². The summed E-state index contributed by atoms with van der Waals surface area (Å²) in [5, 5.41) is 4.55. The van der Waals surface area contributed by atoms with Gasteiger partial charge in [0.05, 0.1) is 25.4 Å². The van der Waals surface area contributed by atoms with Crippen LogP contribution in [0.1, 0.15) is 12.3 Å². The number of carbonyl (C=O) groups excluding carboxylic acids is 2. The zero-order valence-electron chi connectivity index (χ0n) is 18.9. The molecule has 0 saturated carbocycles. The molecule has 1 N–H and O–H groups in total. The van der Waals surface area contributed by atoms with E-state index in [0.717, 1.165) is 21.9 Å². The third-order valence-electron chi connectivity index (χ3n) is 5.49. The summed E-state index contributed by atoms with van der Waals surface area (Å²) in [6.07, 6.45) is 1.93. The van der Waals surface area contributed by atoms with E-state index in [0.29, 0.717) is 28.7 Å². The van der Waals surface area contributed by atoms with Crippen LogP contribution in [0.15, 0.2) is 81.8 Å². The van der Waals surface area contributed by atoms with Gasteiger partial charge in [-0.15, -0.1) is 0 Å². The van der Waals surface area contributed by atoms with Gasteiger partial charge >= 0.3 is 5.97 Å². The minimum atomic E-state index is -0.528. The van der Waals surface area contributed by atoms with Gasteiger partial charge in [0.1, 0.15) is 16.9 Å². The zero-order chi connectivity index (χ0) is 24.2. The molecule has 1 amide bonds. The number of esters is 1. The molecule has 0 spiro atoms. The lowest BCUT2D eigenvalue weighted by molar-refractivity contribution is -0.147. The minimum absolute atomic E-state index is 0.0380. The molecule has 8 heteroatoms. The summed E-state index contributed by atoms with van der Waals surface area (Å²) in [6.45, 7) is -0.430. The van der Waals surface area contributed by atoms with Gasteiger partial charge in [-0.3, -0.25) is 9.59 Å². The molecule has 0 aliphatic rings. The highest BCUT2D eigenvalue weighted by atomic mass is 16.5. The van der Waals surface area contributed by atoms with Crippen LogP contribution in [0, 0.1) is 0 Å². The molecule has 3 aromatic carbocycles. The molecule has 5 aromatic rings. The number of aryl methyl sites for hydroxylation is 1. The summed E-state index contributed by atoms with van der Waals surface area (Å²) >= 11 is 0. The highest BCUT2D eigenvalue weighted by molar-refractivity contribution is 6.07. The molecule has 2 aromatic heterocycles. The van der Waals surface area contributed by atoms with Gasteiger partial charge in [-0.25, -0.2) is 4.98 Å². The van der Waals surface area contributed by atoms with Gasteiger partial charge in [-0.05, 0) is 12.1 Å². The zero-order valence-corrected chi connectivity index (χ0v) is 18.9. The van der Waals surface area contributed by atoms with Crippen LogP contribution in [0.25, 0.3) is 33.3 Å². The lowest BCUT2D eigenvalue weighted by atomic mass is 10.1. The summed E-state index contributed by atoms with van der Waals surface area (Å²) in [4.78, 5) is 28.8. The Balaban J connectivity index is 1.16. The topological polar surface area (TPSA) is 104 Å². The average Bonchev–Trinajstić information content (AvgIpc) is 3.50. The van der Waals surface area contributed by atoms with E-state index in [9.17, 15) is 9.59 Å². The van der Waals surface area contributed by atoms with E-state index < -0.39 is 18.5 Å². The average molecular weight is 470 g/mol. The Morgan fingerprint density at radius 1 is 0.943 bits per heavy atom. The number of para-hydroxylation sites is 1. The largest absolute Gasteiger partial charge is 0.495 e. The minimum Gasteiger partial charge on any atom is -0.495 e. The van der Waals surface area contributed by atoms with Crippen molar-refractivity contribution in [1.29, 1.82) is 0 Å². The van der Waals surface area contributed by atoms with E-state index in [2.05, 4.69) is 10.3 Å². The first-order valence-corrected chi connectivity index (χ1v) is 11.1. The molecular weight excluding hydrogens is 448 g/mol. The van der Waals surface area contributed by atoms with E-state index in [1.807, 2.05) is 60.7 Å². The Bertz CT molecular complexity index is 1500. The summed E-state index contributed by atoms with van der Waals surface area (Å²) in [6, 6.07) is 20.7. The van der Waals surface area contributed by atoms with E-state index in [4.69, 9.17) is 18.3 Å². The standard InChI is InChI=1S/C27H22N2O6/c1-32-23-13-19-18-9-5-6-10-21(18)34-22(19)14-20(23)29-25(30)16-33-27(31)12-11-26-28-15-24(35-26)17-7-3-2-4-8-17/h2-10,13-15H,11-12,16H2,1H3,(H,29,30). The van der Waals surface area contributed by atoms with Crippen LogP contribution in [0.2, 0.25) is 0 Å². The van der Waals surface area contributed by atoms with Crippen LogP contribution < -0.4 is 10.1 Å². The van der Waals surface area contributed by atoms with Crippen LogP contribution in [0.3, 0.4) is 0 Å². The van der Waals surface area contributed by atoms with Gasteiger partial charge in [0.15, 0.2) is 18.3 Å². The Kier molecular flexibility index (Phi) is 6.17. The van der Waals surface area contributed by atoms with Gasteiger partial charge in [0.2, 0.25) is 0 Å². The highest BCUT2D eigenvalue weighted by Crippen LogP contribution is 2.36. The van der Waals surface area contributed by atoms with Crippen molar-refractivity contribution in [3.05, 3.63) is 78.8 Å². The molecular formula is C27H22N2O6. The molecule has 0 aliphatic carbocycles. The number of methoxy groups -OCH3 is 1. The van der Waals surface area contributed by atoms with Crippen molar-refractivity contribution >= 4 is 39.5 Å². The molecule has 0 atom stereocenters. The first-order chi connectivity index (χ1) is 17.1. The van der Waals surface area contributed by atoms with Gasteiger partial charge in [0.25, 0.3) is 5.91 Å². The SMILES string of the molecule is COc1cc2c(cc1NC(=O)COC(=O)CCc1ncc(-c3ccccc3)o1)oc1ccccc12. The fraction of sp³-hybridized carbons (Fsp3) is 0.148. The van der Waals surface area contributed by atoms with Crippen LogP contribution in [-0.4, -0.2) is 30.6 Å². The number of amides is 1. The first kappa shape index (κ1) is 22.2. The van der Waals surface area contributed by atoms with Crippen molar-refractivity contribution in [3.8, 4) is 17.1 Å². The molecule has 35 heavy (non-hydrogen) atoms. The van der Waals surface area contributed by atoms with Gasteiger partial charge in [0, 0.05) is 28.8 Å². The molecule has 2 heterocycles. The van der Waals surface area contributed by atoms with Crippen molar-refractivity contribution in [2.75, 3.05) is 19.0 Å². The van der Waals surface area contributed by atoms with Crippen molar-refractivity contribution < 1.29 is 27.9 Å². The quantitative estimate of drug-likeness (QED) is 0.304. The lowest BCUT2D eigenvalue weighted by Gasteiger charge is -2.10. The summed E-state index contributed by atoms with van der Waals surface area (Å²) in [5.41, 5.74) is 2.68. The fourth-order valence-corrected chi connectivity index (χ4v) is 3.79. The number of aromatic nitrogens is 1. The number of hydrogen-bond donors (Lipinski definition) is 1. The van der Waals surface area contributed by atoms with Crippen LogP contribution in [0.4, 0.5) is 5.69 Å². The number of nitrogens with one attached hydrogen (secondary N) is 1. The number of fused-ring (bicyclic) bond motifs is 3. The van der Waals surface area contributed by atoms with Crippen molar-refractivity contribution in [1.82, 2.24) is 4.98 Å². The smallest absolute Gasteiger partial charge is 0.306 e. The van der Waals surface area contributed by atoms with Gasteiger partial charge in [-0.2, -0.15) is 0 Å². The van der Waals surface area contributed by atoms with Crippen molar-refractivity contribution in [2.45, 2.75) is 12.8 Å². The van der Waals surface area contributed by atoms with E-state index >= 15 is 0 Å². The molecule has 0 fully saturated rings. The lowest BCUT2D eigenvalue weighted by Crippen LogP contribution is -2.21. The maximum atomic E-state index is 12.4. The Hall–Kier alpha value is -4.59. The number of furan rings is 1. The number of carbonyl (C=O) groups is 2. The van der Waals surface area contributed by atoms with E-state index in [1.54, 1.807) is 12.3 Å². The number of ether oxygens (including phenoxy) is 2. The first-order valence-electron chi connectivity index (χ1n) is 11.1. The highest BCUT2D eigenvalue weighted by Gasteiger charge is 2.16. The third-order valence-corrected chi connectivity index (χ3v) is 5.49. The predicted octanol–water partition coefficient (Wildman–Crippen LogP) is 5.36. The Morgan fingerprint density at radius 3 is 2.57 bits per heavy atom. The van der Waals surface area contributed by atoms with Gasteiger partial charge in [-0.1, -0.05) is 48.5 Å². The monoisotopic (exact) mass is 470 g/mol. The molecule has 0 bridgehead atoms. The van der Waals surface area contributed by atoms with Crippen molar-refractivity contribution in [2.24, 2.45) is 0 Å². The second-order valence-corrected chi connectivity index (χ2v) is 7.84. The molecule has 0 radical (unpaired) electrons. The van der Waals surface area contributed by atoms with Crippen LogP contribution in [0.5, 0.6) is 5.75 Å². The number of benzene rings is 3. The van der Waals surface area contributed by atoms with E-state index in [1.165, 1.54) is 7.11 Å². The molecule has 0 saturated heterocycles. The molecule has 0 unspecified atom stereocenters. The normalized spacial score (nSPS) is 11.0. The summed E-state index contributed by atoms with van der Waals surface area (Å²) in [7, 11) is 1.52. The van der Waals surface area contributed by atoms with Crippen LogP contribution >= 0.6 is 0 Å². The molecule has 0 aliphatic heterocycles. The van der Waals surface area contributed by atoms with Crippen molar-refractivity contribution in [3.63, 3.8) is 0 Å². The number of oxazole rings is 1. The van der Waals surface area contributed by atoms with Crippen LogP contribution in [-0.2, 0) is 20.7 Å². The summed E-state index contributed by atoms with van der Waals surface area (Å²) < 4.78 is 22.1. The number of rotatable bonds is 8. The molecule has 176 valence electrons. The molecule has 8 nitrogen and oxygen atoms in total. The number of hydrogen-bond acceptors (Lipinski definition) is 7. The Labute approximate surface area is 200 Å². The summed E-state index contributed by atoms with van der Waals surface area (Å²) in [5.74, 6) is 0.508. The second kappa shape index (κ2) is 9.72. The fourth-order valence-electron chi connectivity index (χ4n) is 3.79. The Morgan fingerprint density at radius 2 is 1.74 bits per heavy atom. The van der Waals surface area contributed by atoms with E-state index in [-0.39, 0.29) is 12.8 Å². The second-order valence-electron chi connectivity index (χ2n) is 7.84. The number of anilines is 1. The number of nitrogens with zero attached hydrogens (tertiary/aromatic N) is 1.